The van der Waals surface area contributed by atoms with E-state index in [1.807, 2.05) is 6.92 Å². The number of amides is 1. The highest BCUT2D eigenvalue weighted by Crippen LogP contribution is 2.13. The fraction of sp³-hybridized carbons (Fsp3) is 0.300. The van der Waals surface area contributed by atoms with Gasteiger partial charge in [-0.15, -0.1) is 0 Å². The van der Waals surface area contributed by atoms with Crippen molar-refractivity contribution in [2.75, 3.05) is 12.3 Å². The number of aryl methyl sites for hydroxylation is 1. The van der Waals surface area contributed by atoms with Gasteiger partial charge in [-0.05, 0) is 24.6 Å². The number of hydrogen-bond acceptors (Lipinski definition) is 2. The van der Waals surface area contributed by atoms with E-state index in [2.05, 4.69) is 5.32 Å². The fourth-order valence-electron chi connectivity index (χ4n) is 1.15. The lowest BCUT2D eigenvalue weighted by atomic mass is 10.1. The smallest absolute Gasteiger partial charge is 0.255 e. The van der Waals surface area contributed by atoms with Gasteiger partial charge < -0.3 is 11.1 Å². The summed E-state index contributed by atoms with van der Waals surface area (Å²) in [6, 6.07) is 4.84. The summed E-state index contributed by atoms with van der Waals surface area (Å²) in [4.78, 5) is 11.4. The molecule has 3 N–H and O–H groups in total. The number of nitrogens with one attached hydrogen (secondary N) is 1. The second-order valence-electron chi connectivity index (χ2n) is 3.19. The summed E-state index contributed by atoms with van der Waals surface area (Å²) in [6.45, 7) is 1.17. The molecule has 0 bridgehead atoms. The molecule has 0 heterocycles. The van der Waals surface area contributed by atoms with E-state index in [0.717, 1.165) is 5.56 Å². The normalized spacial score (nSPS) is 10.4. The molecule has 0 saturated carbocycles. The standard InChI is InChI=1S/C10H12F2N2O/c1-6-2-3-7(8(13)4-6)10(15)14-5-9(11)12/h2-4,9H,5,13H2,1H3,(H,14,15). The first kappa shape index (κ1) is 11.4. The third-order valence-corrected chi connectivity index (χ3v) is 1.87. The van der Waals surface area contributed by atoms with Gasteiger partial charge in [-0.3, -0.25) is 4.79 Å². The number of carbonyl (C=O) groups excluding carboxylic acids is 1. The maximum absolute atomic E-state index is 11.8. The molecule has 0 spiro atoms. The molecule has 3 nitrogen and oxygen atoms in total. The number of anilines is 1. The van der Waals surface area contributed by atoms with Crippen LogP contribution in [0.25, 0.3) is 0 Å². The fourth-order valence-corrected chi connectivity index (χ4v) is 1.15. The molecule has 0 atom stereocenters. The van der Waals surface area contributed by atoms with Crippen molar-refractivity contribution in [2.24, 2.45) is 0 Å². The molecule has 0 aliphatic heterocycles. The van der Waals surface area contributed by atoms with Crippen LogP contribution in [-0.2, 0) is 0 Å². The predicted molar refractivity (Wildman–Crippen MR) is 53.9 cm³/mol. The molecule has 82 valence electrons. The minimum atomic E-state index is -2.55. The van der Waals surface area contributed by atoms with Crippen LogP contribution >= 0.6 is 0 Å². The molecule has 0 aromatic heterocycles. The van der Waals surface area contributed by atoms with E-state index in [9.17, 15) is 13.6 Å². The Morgan fingerprint density at radius 3 is 2.73 bits per heavy atom. The third-order valence-electron chi connectivity index (χ3n) is 1.87. The van der Waals surface area contributed by atoms with Gasteiger partial charge in [0, 0.05) is 5.69 Å². The zero-order valence-electron chi connectivity index (χ0n) is 8.26. The number of nitrogen functional groups attached to an aromatic ring is 1. The Hall–Kier alpha value is -1.65. The number of alkyl halides is 2. The van der Waals surface area contributed by atoms with Gasteiger partial charge in [0.25, 0.3) is 12.3 Å². The molecule has 0 fully saturated rings. The van der Waals surface area contributed by atoms with Gasteiger partial charge in [0.1, 0.15) is 0 Å². The average Bonchev–Trinajstić information content (AvgIpc) is 2.14. The molecule has 1 rings (SSSR count). The summed E-state index contributed by atoms with van der Waals surface area (Å²) in [5.74, 6) is -0.576. The largest absolute Gasteiger partial charge is 0.398 e. The first-order valence-corrected chi connectivity index (χ1v) is 4.43. The number of halogens is 2. The van der Waals surface area contributed by atoms with Crippen molar-refractivity contribution < 1.29 is 13.6 Å². The lowest BCUT2D eigenvalue weighted by Gasteiger charge is -2.07. The van der Waals surface area contributed by atoms with Crippen LogP contribution in [0.4, 0.5) is 14.5 Å². The van der Waals surface area contributed by atoms with Gasteiger partial charge in [0.15, 0.2) is 0 Å². The SMILES string of the molecule is Cc1ccc(C(=O)NCC(F)F)c(N)c1. The van der Waals surface area contributed by atoms with Crippen LogP contribution in [0.3, 0.4) is 0 Å². The number of hydrogen-bond donors (Lipinski definition) is 2. The third kappa shape index (κ3) is 3.19. The minimum Gasteiger partial charge on any atom is -0.398 e. The second kappa shape index (κ2) is 4.72. The Balaban J connectivity index is 2.74. The maximum atomic E-state index is 11.8. The Morgan fingerprint density at radius 1 is 1.53 bits per heavy atom. The summed E-state index contributed by atoms with van der Waals surface area (Å²) < 4.78 is 23.7. The quantitative estimate of drug-likeness (QED) is 0.750. The Kier molecular flexibility index (Phi) is 3.60. The molecule has 1 aromatic rings. The van der Waals surface area contributed by atoms with Crippen LogP contribution in [-0.4, -0.2) is 18.9 Å². The predicted octanol–water partition coefficient (Wildman–Crippen LogP) is 1.57. The highest BCUT2D eigenvalue weighted by atomic mass is 19.3. The van der Waals surface area contributed by atoms with E-state index in [0.29, 0.717) is 5.69 Å². The van der Waals surface area contributed by atoms with Gasteiger partial charge in [-0.2, -0.15) is 0 Å². The summed E-state index contributed by atoms with van der Waals surface area (Å²) in [6.07, 6.45) is -2.55. The van der Waals surface area contributed by atoms with Crippen molar-refractivity contribution in [3.8, 4) is 0 Å². The molecular weight excluding hydrogens is 202 g/mol. The van der Waals surface area contributed by atoms with E-state index < -0.39 is 18.9 Å². The van der Waals surface area contributed by atoms with Crippen molar-refractivity contribution in [1.82, 2.24) is 5.32 Å². The van der Waals surface area contributed by atoms with Gasteiger partial charge in [-0.25, -0.2) is 8.78 Å². The topological polar surface area (TPSA) is 55.1 Å². The lowest BCUT2D eigenvalue weighted by molar-refractivity contribution is 0.0892. The highest BCUT2D eigenvalue weighted by molar-refractivity contribution is 5.99. The van der Waals surface area contributed by atoms with Crippen molar-refractivity contribution in [3.63, 3.8) is 0 Å². The second-order valence-corrected chi connectivity index (χ2v) is 3.19. The first-order valence-electron chi connectivity index (χ1n) is 4.43. The zero-order chi connectivity index (χ0) is 11.4. The van der Waals surface area contributed by atoms with Crippen LogP contribution in [0.5, 0.6) is 0 Å². The number of nitrogens with two attached hydrogens (primary N) is 1. The Morgan fingerprint density at radius 2 is 2.20 bits per heavy atom. The van der Waals surface area contributed by atoms with E-state index in [4.69, 9.17) is 5.73 Å². The molecule has 0 unspecified atom stereocenters. The number of benzene rings is 1. The summed E-state index contributed by atoms with van der Waals surface area (Å²) >= 11 is 0. The van der Waals surface area contributed by atoms with Gasteiger partial charge >= 0.3 is 0 Å². The summed E-state index contributed by atoms with van der Waals surface area (Å²) in [7, 11) is 0. The monoisotopic (exact) mass is 214 g/mol. The van der Waals surface area contributed by atoms with Crippen LogP contribution in [0.15, 0.2) is 18.2 Å². The van der Waals surface area contributed by atoms with Gasteiger partial charge in [0.2, 0.25) is 0 Å². The molecule has 0 radical (unpaired) electrons. The van der Waals surface area contributed by atoms with E-state index in [1.54, 1.807) is 12.1 Å². The van der Waals surface area contributed by atoms with Gasteiger partial charge in [-0.1, -0.05) is 6.07 Å². The van der Waals surface area contributed by atoms with E-state index >= 15 is 0 Å². The van der Waals surface area contributed by atoms with Crippen molar-refractivity contribution in [1.29, 1.82) is 0 Å². The number of rotatable bonds is 3. The van der Waals surface area contributed by atoms with Crippen LogP contribution in [0.2, 0.25) is 0 Å². The molecule has 0 saturated heterocycles. The van der Waals surface area contributed by atoms with Crippen LogP contribution in [0, 0.1) is 6.92 Å². The first-order chi connectivity index (χ1) is 7.00. The Labute approximate surface area is 86.3 Å². The number of carbonyl (C=O) groups is 1. The minimum absolute atomic E-state index is 0.223. The zero-order valence-corrected chi connectivity index (χ0v) is 8.26. The molecule has 1 amide bonds. The van der Waals surface area contributed by atoms with Crippen molar-refractivity contribution in [3.05, 3.63) is 29.3 Å². The highest BCUT2D eigenvalue weighted by Gasteiger charge is 2.11. The van der Waals surface area contributed by atoms with Crippen molar-refractivity contribution in [2.45, 2.75) is 13.3 Å². The Bertz CT molecular complexity index is 366. The molecule has 0 aliphatic carbocycles. The molecular formula is C10H12F2N2O. The van der Waals surface area contributed by atoms with Crippen molar-refractivity contribution >= 4 is 11.6 Å². The van der Waals surface area contributed by atoms with E-state index in [1.165, 1.54) is 6.07 Å². The van der Waals surface area contributed by atoms with E-state index in [-0.39, 0.29) is 5.56 Å². The molecule has 15 heavy (non-hydrogen) atoms. The molecule has 5 heteroatoms. The summed E-state index contributed by atoms with van der Waals surface area (Å²) in [5, 5.41) is 2.09. The molecule has 0 aliphatic rings. The maximum Gasteiger partial charge on any atom is 0.255 e. The van der Waals surface area contributed by atoms with Crippen LogP contribution < -0.4 is 11.1 Å². The van der Waals surface area contributed by atoms with Gasteiger partial charge in [0.05, 0.1) is 12.1 Å². The average molecular weight is 214 g/mol. The van der Waals surface area contributed by atoms with Crippen LogP contribution in [0.1, 0.15) is 15.9 Å². The lowest BCUT2D eigenvalue weighted by Crippen LogP contribution is -2.29. The molecule has 1 aromatic carbocycles. The summed E-state index contributed by atoms with van der Waals surface area (Å²) in [5.41, 5.74) is 7.01.